The van der Waals surface area contributed by atoms with Crippen molar-refractivity contribution in [2.24, 2.45) is 0 Å². The summed E-state index contributed by atoms with van der Waals surface area (Å²) in [5, 5.41) is 0. The predicted molar refractivity (Wildman–Crippen MR) is 77.6 cm³/mol. The predicted octanol–water partition coefficient (Wildman–Crippen LogP) is 3.71. The molecule has 0 aliphatic heterocycles. The summed E-state index contributed by atoms with van der Waals surface area (Å²) in [6.07, 6.45) is 0. The van der Waals surface area contributed by atoms with E-state index in [0.717, 1.165) is 11.3 Å². The molecule has 0 bridgehead atoms. The minimum absolute atomic E-state index is 0.336. The third-order valence-electron chi connectivity index (χ3n) is 2.62. The highest BCUT2D eigenvalue weighted by molar-refractivity contribution is 9.10. The summed E-state index contributed by atoms with van der Waals surface area (Å²) in [5.41, 5.74) is 7.95. The fourth-order valence-electron chi connectivity index (χ4n) is 1.69. The zero-order valence-corrected chi connectivity index (χ0v) is 12.0. The number of para-hydroxylation sites is 1. The lowest BCUT2D eigenvalue weighted by Gasteiger charge is -2.13. The molecule has 19 heavy (non-hydrogen) atoms. The van der Waals surface area contributed by atoms with Crippen molar-refractivity contribution in [1.29, 1.82) is 0 Å². The average molecular weight is 325 g/mol. The molecule has 100 valence electrons. The van der Waals surface area contributed by atoms with E-state index in [1.807, 2.05) is 30.3 Å². The number of hydrogen-bond donors (Lipinski definition) is 2. The molecular weight excluding hydrogens is 311 g/mol. The van der Waals surface area contributed by atoms with E-state index in [0.29, 0.717) is 16.8 Å². The van der Waals surface area contributed by atoms with Crippen molar-refractivity contribution in [2.45, 2.75) is 6.54 Å². The zero-order chi connectivity index (χ0) is 13.7. The molecule has 0 saturated heterocycles. The van der Waals surface area contributed by atoms with Gasteiger partial charge in [-0.15, -0.1) is 0 Å². The van der Waals surface area contributed by atoms with Crippen LogP contribution in [0.3, 0.4) is 0 Å². The number of hydrazine groups is 1. The van der Waals surface area contributed by atoms with Crippen LogP contribution in [0.15, 0.2) is 46.9 Å². The number of anilines is 1. The van der Waals surface area contributed by atoms with Gasteiger partial charge in [-0.25, -0.2) is 9.82 Å². The smallest absolute Gasteiger partial charge is 0.141 e. The summed E-state index contributed by atoms with van der Waals surface area (Å²) in [6, 6.07) is 12.8. The molecule has 0 heterocycles. The molecule has 0 unspecified atom stereocenters. The molecule has 0 spiro atoms. The van der Waals surface area contributed by atoms with Gasteiger partial charge in [-0.05, 0) is 34.1 Å². The average Bonchev–Trinajstić information content (AvgIpc) is 2.44. The lowest BCUT2D eigenvalue weighted by atomic mass is 10.2. The highest BCUT2D eigenvalue weighted by Crippen LogP contribution is 2.31. The number of halogens is 2. The molecule has 2 rings (SSSR count). The molecular formula is C14H14BrFN2O. The van der Waals surface area contributed by atoms with Gasteiger partial charge in [0.1, 0.15) is 11.6 Å². The van der Waals surface area contributed by atoms with E-state index in [2.05, 4.69) is 26.8 Å². The van der Waals surface area contributed by atoms with Gasteiger partial charge in [-0.1, -0.05) is 24.3 Å². The maximum absolute atomic E-state index is 13.4. The third kappa shape index (κ3) is 3.45. The van der Waals surface area contributed by atoms with Crippen LogP contribution in [0.4, 0.5) is 10.1 Å². The Morgan fingerprint density at radius 1 is 1.16 bits per heavy atom. The first-order valence-corrected chi connectivity index (χ1v) is 6.56. The van der Waals surface area contributed by atoms with E-state index >= 15 is 0 Å². The Hall–Kier alpha value is -1.59. The van der Waals surface area contributed by atoms with Crippen molar-refractivity contribution in [1.82, 2.24) is 5.43 Å². The standard InChI is InChI=1S/C14H14BrFN2O/c1-19-14-10(7-8-12(16)13(14)15)9-17-18-11-5-3-2-4-6-11/h2-8,17-18H,9H2,1H3. The van der Waals surface area contributed by atoms with Crippen LogP contribution in [0.5, 0.6) is 5.75 Å². The largest absolute Gasteiger partial charge is 0.495 e. The lowest BCUT2D eigenvalue weighted by Crippen LogP contribution is -2.21. The Kier molecular flexibility index (Phi) is 4.76. The molecule has 0 atom stereocenters. The van der Waals surface area contributed by atoms with E-state index in [1.54, 1.807) is 6.07 Å². The van der Waals surface area contributed by atoms with Gasteiger partial charge < -0.3 is 10.2 Å². The van der Waals surface area contributed by atoms with Gasteiger partial charge in [0.05, 0.1) is 11.6 Å². The molecule has 5 heteroatoms. The van der Waals surface area contributed by atoms with Crippen molar-refractivity contribution in [3.8, 4) is 5.75 Å². The van der Waals surface area contributed by atoms with E-state index in [9.17, 15) is 4.39 Å². The topological polar surface area (TPSA) is 33.3 Å². The lowest BCUT2D eigenvalue weighted by molar-refractivity contribution is 0.401. The summed E-state index contributed by atoms with van der Waals surface area (Å²) in [7, 11) is 1.52. The Balaban J connectivity index is 2.02. The summed E-state index contributed by atoms with van der Waals surface area (Å²) in [5.74, 6) is 0.166. The maximum Gasteiger partial charge on any atom is 0.141 e. The van der Waals surface area contributed by atoms with E-state index < -0.39 is 0 Å². The number of benzene rings is 2. The number of rotatable bonds is 5. The summed E-state index contributed by atoms with van der Waals surface area (Å²) >= 11 is 3.18. The Bertz CT molecular complexity index is 549. The number of nitrogens with one attached hydrogen (secondary N) is 2. The van der Waals surface area contributed by atoms with E-state index in [-0.39, 0.29) is 5.82 Å². The van der Waals surface area contributed by atoms with Crippen LogP contribution in [-0.4, -0.2) is 7.11 Å². The molecule has 0 aromatic heterocycles. The Labute approximate surface area is 119 Å². The van der Waals surface area contributed by atoms with Gasteiger partial charge in [-0.3, -0.25) is 0 Å². The van der Waals surface area contributed by atoms with Crippen molar-refractivity contribution < 1.29 is 9.13 Å². The van der Waals surface area contributed by atoms with Crippen LogP contribution in [-0.2, 0) is 6.54 Å². The monoisotopic (exact) mass is 324 g/mol. The summed E-state index contributed by atoms with van der Waals surface area (Å²) in [6.45, 7) is 0.511. The van der Waals surface area contributed by atoms with Crippen molar-refractivity contribution >= 4 is 21.6 Å². The van der Waals surface area contributed by atoms with Crippen LogP contribution in [0.2, 0.25) is 0 Å². The molecule has 0 fully saturated rings. The van der Waals surface area contributed by atoms with Gasteiger partial charge in [0.15, 0.2) is 0 Å². The molecule has 0 saturated carbocycles. The van der Waals surface area contributed by atoms with Crippen molar-refractivity contribution in [3.63, 3.8) is 0 Å². The third-order valence-corrected chi connectivity index (χ3v) is 3.36. The van der Waals surface area contributed by atoms with Crippen molar-refractivity contribution in [3.05, 3.63) is 58.3 Å². The molecule has 0 aliphatic carbocycles. The second-order valence-electron chi connectivity index (χ2n) is 3.90. The minimum atomic E-state index is -0.336. The van der Waals surface area contributed by atoms with Crippen LogP contribution in [0.25, 0.3) is 0 Å². The maximum atomic E-state index is 13.4. The second-order valence-corrected chi connectivity index (χ2v) is 4.69. The van der Waals surface area contributed by atoms with Crippen LogP contribution in [0, 0.1) is 5.82 Å². The van der Waals surface area contributed by atoms with Gasteiger partial charge in [-0.2, -0.15) is 0 Å². The first-order valence-electron chi connectivity index (χ1n) is 5.77. The van der Waals surface area contributed by atoms with Gasteiger partial charge in [0, 0.05) is 17.8 Å². The van der Waals surface area contributed by atoms with Gasteiger partial charge >= 0.3 is 0 Å². The molecule has 0 radical (unpaired) electrons. The van der Waals surface area contributed by atoms with Crippen LogP contribution >= 0.6 is 15.9 Å². The van der Waals surface area contributed by atoms with E-state index in [1.165, 1.54) is 13.2 Å². The number of hydrogen-bond acceptors (Lipinski definition) is 3. The quantitative estimate of drug-likeness (QED) is 0.822. The molecule has 3 nitrogen and oxygen atoms in total. The SMILES string of the molecule is COc1c(CNNc2ccccc2)ccc(F)c1Br. The molecule has 0 aliphatic rings. The van der Waals surface area contributed by atoms with Crippen LogP contribution < -0.4 is 15.6 Å². The summed E-state index contributed by atoms with van der Waals surface area (Å²) < 4.78 is 18.9. The van der Waals surface area contributed by atoms with Gasteiger partial charge in [0.25, 0.3) is 0 Å². The molecule has 2 aromatic rings. The molecule has 2 aromatic carbocycles. The Morgan fingerprint density at radius 2 is 1.89 bits per heavy atom. The first kappa shape index (κ1) is 13.8. The first-order chi connectivity index (χ1) is 9.22. The Morgan fingerprint density at radius 3 is 2.58 bits per heavy atom. The number of ether oxygens (including phenoxy) is 1. The highest BCUT2D eigenvalue weighted by Gasteiger charge is 2.11. The zero-order valence-electron chi connectivity index (χ0n) is 10.4. The highest BCUT2D eigenvalue weighted by atomic mass is 79.9. The van der Waals surface area contributed by atoms with Crippen LogP contribution in [0.1, 0.15) is 5.56 Å². The van der Waals surface area contributed by atoms with E-state index in [4.69, 9.17) is 4.74 Å². The summed E-state index contributed by atoms with van der Waals surface area (Å²) in [4.78, 5) is 0. The van der Waals surface area contributed by atoms with Gasteiger partial charge in [0.2, 0.25) is 0 Å². The fourth-order valence-corrected chi connectivity index (χ4v) is 2.24. The number of methoxy groups -OCH3 is 1. The normalized spacial score (nSPS) is 10.3. The molecule has 2 N–H and O–H groups in total. The molecule has 0 amide bonds. The minimum Gasteiger partial charge on any atom is -0.495 e. The second kappa shape index (κ2) is 6.54. The fraction of sp³-hybridized carbons (Fsp3) is 0.143. The van der Waals surface area contributed by atoms with Crippen molar-refractivity contribution in [2.75, 3.05) is 12.5 Å².